The number of carbonyl (C=O) groups excluding carboxylic acids is 1. The molecule has 1 aliphatic carbocycles. The van der Waals surface area contributed by atoms with E-state index in [4.69, 9.17) is 4.74 Å². The summed E-state index contributed by atoms with van der Waals surface area (Å²) < 4.78 is 42.6. The number of hydrogen-bond donors (Lipinski definition) is 1. The van der Waals surface area contributed by atoms with Crippen molar-refractivity contribution in [2.24, 2.45) is 0 Å². The summed E-state index contributed by atoms with van der Waals surface area (Å²) in [6.07, 6.45) is 3.23. The van der Waals surface area contributed by atoms with E-state index in [0.29, 0.717) is 11.3 Å². The molecule has 0 bridgehead atoms. The van der Waals surface area contributed by atoms with E-state index in [-0.39, 0.29) is 17.5 Å². The molecule has 5 nitrogen and oxygen atoms in total. The lowest BCUT2D eigenvalue weighted by molar-refractivity contribution is -0.154. The molecule has 0 aromatic carbocycles. The van der Waals surface area contributed by atoms with Crippen LogP contribution in [0.5, 0.6) is 5.88 Å². The van der Waals surface area contributed by atoms with Crippen molar-refractivity contribution in [3.8, 4) is 5.88 Å². The molecule has 1 aliphatic rings. The van der Waals surface area contributed by atoms with E-state index in [9.17, 15) is 18.0 Å². The van der Waals surface area contributed by atoms with Crippen molar-refractivity contribution in [1.82, 2.24) is 9.97 Å². The van der Waals surface area contributed by atoms with Crippen LogP contribution in [0, 0.1) is 0 Å². The number of pyridine rings is 2. The fourth-order valence-corrected chi connectivity index (χ4v) is 3.21. The Morgan fingerprint density at radius 3 is 2.63 bits per heavy atom. The average Bonchev–Trinajstić information content (AvgIpc) is 2.67. The number of rotatable bonds is 5. The number of nitrogens with zero attached hydrogens (tertiary/aromatic N) is 2. The van der Waals surface area contributed by atoms with Crippen molar-refractivity contribution < 1.29 is 22.7 Å². The van der Waals surface area contributed by atoms with Crippen LogP contribution in [0.2, 0.25) is 0 Å². The smallest absolute Gasteiger partial charge is 0.422 e. The molecule has 2 aromatic heterocycles. The SMILES string of the molecule is O=C(Nc1cnc(OCC(F)(F)F)c(C2CCCCC2)c1)c1ccccn1. The van der Waals surface area contributed by atoms with Gasteiger partial charge in [-0.2, -0.15) is 13.2 Å². The zero-order chi connectivity index (χ0) is 19.3. The molecule has 0 unspecified atom stereocenters. The zero-order valence-electron chi connectivity index (χ0n) is 14.6. The minimum Gasteiger partial charge on any atom is -0.468 e. The molecule has 1 fully saturated rings. The second-order valence-electron chi connectivity index (χ2n) is 6.53. The Morgan fingerprint density at radius 1 is 1.19 bits per heavy atom. The van der Waals surface area contributed by atoms with Gasteiger partial charge in [0.15, 0.2) is 6.61 Å². The minimum absolute atomic E-state index is 0.0185. The summed E-state index contributed by atoms with van der Waals surface area (Å²) in [7, 11) is 0. The monoisotopic (exact) mass is 379 g/mol. The van der Waals surface area contributed by atoms with Crippen LogP contribution >= 0.6 is 0 Å². The second kappa shape index (κ2) is 8.37. The van der Waals surface area contributed by atoms with Crippen molar-refractivity contribution in [2.45, 2.75) is 44.2 Å². The van der Waals surface area contributed by atoms with Crippen molar-refractivity contribution in [2.75, 3.05) is 11.9 Å². The van der Waals surface area contributed by atoms with E-state index in [1.807, 2.05) is 0 Å². The third-order valence-corrected chi connectivity index (χ3v) is 4.45. The molecule has 8 heteroatoms. The van der Waals surface area contributed by atoms with Crippen LogP contribution < -0.4 is 10.1 Å². The number of ether oxygens (including phenoxy) is 1. The van der Waals surface area contributed by atoms with Crippen molar-refractivity contribution in [3.05, 3.63) is 47.9 Å². The van der Waals surface area contributed by atoms with Crippen LogP contribution in [0.15, 0.2) is 36.7 Å². The maximum absolute atomic E-state index is 12.5. The fraction of sp³-hybridized carbons (Fsp3) is 0.421. The Kier molecular flexibility index (Phi) is 5.93. The number of carbonyl (C=O) groups is 1. The molecule has 0 aliphatic heterocycles. The van der Waals surface area contributed by atoms with E-state index >= 15 is 0 Å². The fourth-order valence-electron chi connectivity index (χ4n) is 3.21. The first kappa shape index (κ1) is 19.1. The van der Waals surface area contributed by atoms with Gasteiger partial charge in [0.2, 0.25) is 5.88 Å². The molecule has 0 spiro atoms. The number of aromatic nitrogens is 2. The number of anilines is 1. The summed E-state index contributed by atoms with van der Waals surface area (Å²) in [5.74, 6) is -0.354. The van der Waals surface area contributed by atoms with Crippen molar-refractivity contribution in [3.63, 3.8) is 0 Å². The molecule has 3 rings (SSSR count). The van der Waals surface area contributed by atoms with Crippen molar-refractivity contribution in [1.29, 1.82) is 0 Å². The highest BCUT2D eigenvalue weighted by Crippen LogP contribution is 2.38. The van der Waals surface area contributed by atoms with Crippen LogP contribution in [0.3, 0.4) is 0 Å². The van der Waals surface area contributed by atoms with Gasteiger partial charge < -0.3 is 10.1 Å². The minimum atomic E-state index is -4.43. The van der Waals surface area contributed by atoms with Crippen LogP contribution in [-0.2, 0) is 0 Å². The molecule has 1 saturated carbocycles. The molecule has 2 heterocycles. The third kappa shape index (κ3) is 5.42. The molecule has 144 valence electrons. The molecule has 0 radical (unpaired) electrons. The van der Waals surface area contributed by atoms with Gasteiger partial charge in [-0.25, -0.2) is 4.98 Å². The van der Waals surface area contributed by atoms with Gasteiger partial charge in [0.05, 0.1) is 11.9 Å². The maximum atomic E-state index is 12.5. The summed E-state index contributed by atoms with van der Waals surface area (Å²) >= 11 is 0. The summed E-state index contributed by atoms with van der Waals surface area (Å²) in [4.78, 5) is 20.3. The first-order valence-electron chi connectivity index (χ1n) is 8.84. The molecule has 2 aromatic rings. The quantitative estimate of drug-likeness (QED) is 0.817. The molecule has 27 heavy (non-hydrogen) atoms. The number of amides is 1. The molecule has 1 amide bonds. The van der Waals surface area contributed by atoms with Gasteiger partial charge in [0, 0.05) is 11.8 Å². The normalized spacial score (nSPS) is 15.4. The Morgan fingerprint density at radius 2 is 1.96 bits per heavy atom. The number of halogens is 3. The average molecular weight is 379 g/mol. The largest absolute Gasteiger partial charge is 0.468 e. The molecular weight excluding hydrogens is 359 g/mol. The van der Waals surface area contributed by atoms with E-state index in [2.05, 4.69) is 15.3 Å². The Hall–Kier alpha value is -2.64. The van der Waals surface area contributed by atoms with Gasteiger partial charge in [-0.05, 0) is 37.0 Å². The highest BCUT2D eigenvalue weighted by atomic mass is 19.4. The van der Waals surface area contributed by atoms with E-state index in [1.165, 1.54) is 12.4 Å². The van der Waals surface area contributed by atoms with Gasteiger partial charge in [0.1, 0.15) is 5.69 Å². The molecule has 0 saturated heterocycles. The van der Waals surface area contributed by atoms with Crippen LogP contribution in [-0.4, -0.2) is 28.7 Å². The van der Waals surface area contributed by atoms with Gasteiger partial charge in [-0.15, -0.1) is 0 Å². The van der Waals surface area contributed by atoms with E-state index in [0.717, 1.165) is 32.1 Å². The van der Waals surface area contributed by atoms with Gasteiger partial charge in [0.25, 0.3) is 5.91 Å². The highest BCUT2D eigenvalue weighted by Gasteiger charge is 2.30. The van der Waals surface area contributed by atoms with E-state index < -0.39 is 18.7 Å². The van der Waals surface area contributed by atoms with Gasteiger partial charge >= 0.3 is 6.18 Å². The molecule has 0 atom stereocenters. The van der Waals surface area contributed by atoms with E-state index in [1.54, 1.807) is 24.3 Å². The van der Waals surface area contributed by atoms with Crippen LogP contribution in [0.4, 0.5) is 18.9 Å². The predicted octanol–water partition coefficient (Wildman–Crippen LogP) is 4.72. The van der Waals surface area contributed by atoms with Crippen LogP contribution in [0.25, 0.3) is 0 Å². The van der Waals surface area contributed by atoms with Crippen molar-refractivity contribution >= 4 is 11.6 Å². The number of nitrogens with one attached hydrogen (secondary N) is 1. The Balaban J connectivity index is 1.82. The van der Waals surface area contributed by atoms with Gasteiger partial charge in [-0.1, -0.05) is 25.3 Å². The first-order chi connectivity index (χ1) is 12.9. The summed E-state index contributed by atoms with van der Waals surface area (Å²) in [6, 6.07) is 6.63. The summed E-state index contributed by atoms with van der Waals surface area (Å²) in [6.45, 7) is -1.39. The maximum Gasteiger partial charge on any atom is 0.422 e. The number of alkyl halides is 3. The Bertz CT molecular complexity index is 776. The lowest BCUT2D eigenvalue weighted by Gasteiger charge is -2.24. The second-order valence-corrected chi connectivity index (χ2v) is 6.53. The lowest BCUT2D eigenvalue weighted by Crippen LogP contribution is -2.21. The predicted molar refractivity (Wildman–Crippen MR) is 93.8 cm³/mol. The molecule has 1 N–H and O–H groups in total. The zero-order valence-corrected chi connectivity index (χ0v) is 14.6. The standard InChI is InChI=1S/C19H20F3N3O2/c20-19(21,22)12-27-18-15(13-6-2-1-3-7-13)10-14(11-24-18)25-17(26)16-8-4-5-9-23-16/h4-5,8-11,13H,1-3,6-7,12H2,(H,25,26). The topological polar surface area (TPSA) is 64.1 Å². The Labute approximate surface area is 155 Å². The first-order valence-corrected chi connectivity index (χ1v) is 8.84. The van der Waals surface area contributed by atoms with Gasteiger partial charge in [-0.3, -0.25) is 9.78 Å². The van der Waals surface area contributed by atoms with Crippen LogP contribution in [0.1, 0.15) is 54.1 Å². The molecular formula is C19H20F3N3O2. The lowest BCUT2D eigenvalue weighted by atomic mass is 9.84. The summed E-state index contributed by atoms with van der Waals surface area (Å²) in [5, 5.41) is 2.70. The highest BCUT2D eigenvalue weighted by molar-refractivity contribution is 6.02. The summed E-state index contributed by atoms with van der Waals surface area (Å²) in [5.41, 5.74) is 1.26. The number of hydrogen-bond acceptors (Lipinski definition) is 4. The third-order valence-electron chi connectivity index (χ3n) is 4.45.